The number of carbonyl (C=O) groups excluding carboxylic acids is 1. The van der Waals surface area contributed by atoms with Gasteiger partial charge in [0.2, 0.25) is 0 Å². The Bertz CT molecular complexity index is 525. The van der Waals surface area contributed by atoms with Crippen LogP contribution in [0.2, 0.25) is 0 Å². The lowest BCUT2D eigenvalue weighted by molar-refractivity contribution is 0.0726. The van der Waals surface area contributed by atoms with Crippen molar-refractivity contribution in [3.8, 4) is 0 Å². The fraction of sp³-hybridized carbons (Fsp3) is 0.538. The average Bonchev–Trinajstić information content (AvgIpc) is 2.93. The molecule has 0 saturated carbocycles. The highest BCUT2D eigenvalue weighted by Gasteiger charge is 2.44. The predicted molar refractivity (Wildman–Crippen MR) is 67.4 cm³/mol. The molecule has 2 fully saturated rings. The van der Waals surface area contributed by atoms with E-state index in [0.717, 1.165) is 19.6 Å². The quantitative estimate of drug-likeness (QED) is 0.737. The maximum Gasteiger partial charge on any atom is 0.260 e. The number of fused-ring (bicyclic) bond motifs is 1. The summed E-state index contributed by atoms with van der Waals surface area (Å²) in [5.41, 5.74) is -0.0535. The van der Waals surface area contributed by atoms with Gasteiger partial charge in [-0.15, -0.1) is 0 Å². The Morgan fingerprint density at radius 3 is 3.00 bits per heavy atom. The van der Waals surface area contributed by atoms with Gasteiger partial charge in [0.25, 0.3) is 11.5 Å². The smallest absolute Gasteiger partial charge is 0.260 e. The van der Waals surface area contributed by atoms with Crippen molar-refractivity contribution >= 4 is 5.91 Å². The highest BCUT2D eigenvalue weighted by molar-refractivity contribution is 5.94. The molecule has 2 saturated heterocycles. The van der Waals surface area contributed by atoms with Gasteiger partial charge in [0.05, 0.1) is 0 Å². The van der Waals surface area contributed by atoms with Gasteiger partial charge >= 0.3 is 0 Å². The van der Waals surface area contributed by atoms with Crippen LogP contribution >= 0.6 is 0 Å². The normalized spacial score (nSPS) is 30.5. The first kappa shape index (κ1) is 11.5. The maximum absolute atomic E-state index is 12.4. The lowest BCUT2D eigenvalue weighted by Gasteiger charge is -2.24. The van der Waals surface area contributed by atoms with Crippen LogP contribution in [0.1, 0.15) is 17.3 Å². The zero-order valence-electron chi connectivity index (χ0n) is 10.3. The number of nitrogens with zero attached hydrogens (tertiary/aromatic N) is 1. The summed E-state index contributed by atoms with van der Waals surface area (Å²) in [4.78, 5) is 28.5. The first-order valence-electron chi connectivity index (χ1n) is 6.38. The minimum Gasteiger partial charge on any atom is -0.335 e. The van der Waals surface area contributed by atoms with Crippen molar-refractivity contribution in [2.45, 2.75) is 13.0 Å². The first-order chi connectivity index (χ1) is 8.68. The van der Waals surface area contributed by atoms with E-state index in [4.69, 9.17) is 0 Å². The number of H-pyrrole nitrogens is 1. The lowest BCUT2D eigenvalue weighted by atomic mass is 9.95. The summed E-state index contributed by atoms with van der Waals surface area (Å²) in [6, 6.07) is 3.50. The molecule has 5 heteroatoms. The van der Waals surface area contributed by atoms with Gasteiger partial charge in [-0.1, -0.05) is 0 Å². The monoisotopic (exact) mass is 247 g/mol. The predicted octanol–water partition coefficient (Wildman–Crippen LogP) is 0.0548. The Morgan fingerprint density at radius 1 is 1.44 bits per heavy atom. The van der Waals surface area contributed by atoms with Gasteiger partial charge in [0, 0.05) is 31.9 Å². The highest BCUT2D eigenvalue weighted by atomic mass is 16.2. The third kappa shape index (κ3) is 1.66. The number of likely N-dealkylation sites (tertiary alicyclic amines) is 1. The number of hydrogen-bond donors (Lipinski definition) is 2. The summed E-state index contributed by atoms with van der Waals surface area (Å²) in [7, 11) is 0. The van der Waals surface area contributed by atoms with Crippen molar-refractivity contribution in [1.29, 1.82) is 0 Å². The molecule has 0 radical (unpaired) electrons. The fourth-order valence-electron chi connectivity index (χ4n) is 3.18. The number of hydrogen-bond acceptors (Lipinski definition) is 3. The van der Waals surface area contributed by atoms with E-state index in [1.807, 2.05) is 4.90 Å². The van der Waals surface area contributed by atoms with Crippen LogP contribution in [0.4, 0.5) is 0 Å². The number of amides is 1. The highest BCUT2D eigenvalue weighted by Crippen LogP contribution is 2.32. The summed E-state index contributed by atoms with van der Waals surface area (Å²) < 4.78 is 0. The summed E-state index contributed by atoms with van der Waals surface area (Å²) in [6.07, 6.45) is 1.55. The molecule has 2 aliphatic heterocycles. The van der Waals surface area contributed by atoms with Crippen molar-refractivity contribution in [3.05, 3.63) is 34.2 Å². The Hall–Kier alpha value is -1.62. The Balaban J connectivity index is 1.86. The van der Waals surface area contributed by atoms with Crippen LogP contribution in [-0.4, -0.2) is 41.5 Å². The summed E-state index contributed by atoms with van der Waals surface area (Å²) in [5, 5.41) is 3.36. The van der Waals surface area contributed by atoms with E-state index in [0.29, 0.717) is 11.8 Å². The summed E-state index contributed by atoms with van der Waals surface area (Å²) in [5.74, 6) is 0.919. The number of pyridine rings is 1. The van der Waals surface area contributed by atoms with Gasteiger partial charge in [-0.05, 0) is 30.9 Å². The van der Waals surface area contributed by atoms with E-state index in [-0.39, 0.29) is 23.1 Å². The van der Waals surface area contributed by atoms with E-state index >= 15 is 0 Å². The molecule has 2 N–H and O–H groups in total. The standard InChI is InChI=1S/C13H17N3O2/c1-8-11-6-14-5-9(11)7-16(8)13(18)10-3-2-4-15-12(10)17/h2-4,8-9,11,14H,5-7H2,1H3,(H,15,17). The Morgan fingerprint density at radius 2 is 2.28 bits per heavy atom. The van der Waals surface area contributed by atoms with E-state index in [2.05, 4.69) is 17.2 Å². The second kappa shape index (κ2) is 4.24. The van der Waals surface area contributed by atoms with Gasteiger partial charge in [-0.2, -0.15) is 0 Å². The van der Waals surface area contributed by atoms with E-state index in [1.54, 1.807) is 18.3 Å². The minimum atomic E-state index is -0.301. The van der Waals surface area contributed by atoms with Gasteiger partial charge in [0.15, 0.2) is 0 Å². The molecule has 0 aliphatic carbocycles. The number of rotatable bonds is 1. The third-order valence-electron chi connectivity index (χ3n) is 4.24. The molecule has 0 spiro atoms. The van der Waals surface area contributed by atoms with Crippen molar-refractivity contribution in [2.75, 3.05) is 19.6 Å². The molecule has 1 aromatic heterocycles. The van der Waals surface area contributed by atoms with Crippen molar-refractivity contribution in [3.63, 3.8) is 0 Å². The first-order valence-corrected chi connectivity index (χ1v) is 6.38. The molecule has 96 valence electrons. The van der Waals surface area contributed by atoms with Crippen LogP contribution < -0.4 is 10.9 Å². The van der Waals surface area contributed by atoms with E-state index in [9.17, 15) is 9.59 Å². The van der Waals surface area contributed by atoms with E-state index in [1.165, 1.54) is 0 Å². The number of aromatic amines is 1. The molecule has 3 unspecified atom stereocenters. The summed E-state index contributed by atoms with van der Waals surface area (Å²) in [6.45, 7) is 4.78. The van der Waals surface area contributed by atoms with Crippen LogP contribution in [-0.2, 0) is 0 Å². The van der Waals surface area contributed by atoms with E-state index < -0.39 is 0 Å². The van der Waals surface area contributed by atoms with Crippen molar-refractivity contribution in [1.82, 2.24) is 15.2 Å². The number of aromatic nitrogens is 1. The molecule has 0 bridgehead atoms. The van der Waals surface area contributed by atoms with Crippen LogP contribution in [0.5, 0.6) is 0 Å². The molecule has 3 heterocycles. The molecule has 5 nitrogen and oxygen atoms in total. The topological polar surface area (TPSA) is 65.2 Å². The molecule has 3 rings (SSSR count). The summed E-state index contributed by atoms with van der Waals surface area (Å²) >= 11 is 0. The zero-order chi connectivity index (χ0) is 12.7. The number of nitrogens with one attached hydrogen (secondary N) is 2. The molecule has 1 amide bonds. The molecule has 18 heavy (non-hydrogen) atoms. The maximum atomic E-state index is 12.4. The van der Waals surface area contributed by atoms with Crippen LogP contribution in [0.25, 0.3) is 0 Å². The molecule has 3 atom stereocenters. The molecule has 2 aliphatic rings. The molecule has 0 aromatic carbocycles. The average molecular weight is 247 g/mol. The number of carbonyl (C=O) groups is 1. The van der Waals surface area contributed by atoms with Crippen LogP contribution in [0.15, 0.2) is 23.1 Å². The fourth-order valence-corrected chi connectivity index (χ4v) is 3.18. The molecular weight excluding hydrogens is 230 g/mol. The van der Waals surface area contributed by atoms with Crippen molar-refractivity contribution in [2.24, 2.45) is 11.8 Å². The van der Waals surface area contributed by atoms with Gasteiger partial charge in [-0.25, -0.2) is 0 Å². The van der Waals surface area contributed by atoms with Gasteiger partial charge < -0.3 is 15.2 Å². The van der Waals surface area contributed by atoms with Crippen molar-refractivity contribution < 1.29 is 4.79 Å². The minimum absolute atomic E-state index is 0.140. The largest absolute Gasteiger partial charge is 0.335 e. The van der Waals surface area contributed by atoms with Crippen LogP contribution in [0, 0.1) is 11.8 Å². The van der Waals surface area contributed by atoms with Gasteiger partial charge in [-0.3, -0.25) is 9.59 Å². The molecular formula is C13H17N3O2. The Labute approximate surface area is 105 Å². The lowest BCUT2D eigenvalue weighted by Crippen LogP contribution is -2.40. The Kier molecular flexibility index (Phi) is 2.70. The second-order valence-electron chi connectivity index (χ2n) is 5.19. The van der Waals surface area contributed by atoms with Crippen LogP contribution in [0.3, 0.4) is 0 Å². The zero-order valence-corrected chi connectivity index (χ0v) is 10.3. The van der Waals surface area contributed by atoms with Gasteiger partial charge in [0.1, 0.15) is 5.56 Å². The SMILES string of the molecule is CC1C2CNCC2CN1C(=O)c1ccc[nH]c1=O. The second-order valence-corrected chi connectivity index (χ2v) is 5.19. The molecule has 1 aromatic rings. The third-order valence-corrected chi connectivity index (χ3v) is 4.24.